The summed E-state index contributed by atoms with van der Waals surface area (Å²) in [7, 11) is 0. The summed E-state index contributed by atoms with van der Waals surface area (Å²) in [5.41, 5.74) is 12.9. The average molecular weight is 211 g/mol. The monoisotopic (exact) mass is 211 g/mol. The lowest BCUT2D eigenvalue weighted by Gasteiger charge is -2.43. The van der Waals surface area contributed by atoms with E-state index < -0.39 is 0 Å². The van der Waals surface area contributed by atoms with Crippen molar-refractivity contribution in [3.8, 4) is 0 Å². The quantitative estimate of drug-likeness (QED) is 0.513. The molecule has 2 N–H and O–H groups in total. The van der Waals surface area contributed by atoms with Crippen LogP contribution in [0.1, 0.15) is 43.2 Å². The third-order valence-corrected chi connectivity index (χ3v) is 3.90. The summed E-state index contributed by atoms with van der Waals surface area (Å²) in [5, 5.41) is 0. The van der Waals surface area contributed by atoms with Gasteiger partial charge >= 0.3 is 0 Å². The Morgan fingerprint density at radius 2 is 2.12 bits per heavy atom. The fourth-order valence-corrected chi connectivity index (χ4v) is 3.12. The van der Waals surface area contributed by atoms with Crippen LogP contribution in [-0.2, 0) is 0 Å². The highest BCUT2D eigenvalue weighted by Crippen LogP contribution is 2.56. The minimum atomic E-state index is 0.537. The third-order valence-electron chi connectivity index (χ3n) is 3.90. The number of hydrogen-bond acceptors (Lipinski definition) is 1. The molecule has 0 aliphatic heterocycles. The third kappa shape index (κ3) is 1.12. The predicted octanol–water partition coefficient (Wildman–Crippen LogP) is 3.75. The Morgan fingerprint density at radius 3 is 2.88 bits per heavy atom. The molecule has 1 aromatic carbocycles. The van der Waals surface area contributed by atoms with Gasteiger partial charge in [0, 0.05) is 17.5 Å². The molecular formula is C15H17N. The largest absolute Gasteiger partial charge is 0.398 e. The standard InChI is InChI=1S/C15H17N/c1-9(2)10-5-3-6-11-14(10)12-7-4-8-13(16)15(11)12/h3-4,6-8,11,14H,5,16H2,1-2H3. The van der Waals surface area contributed by atoms with E-state index in [1.807, 2.05) is 6.07 Å². The smallest absolute Gasteiger partial charge is 0.0355 e. The lowest BCUT2D eigenvalue weighted by atomic mass is 9.61. The van der Waals surface area contributed by atoms with Gasteiger partial charge < -0.3 is 5.73 Å². The van der Waals surface area contributed by atoms with Crippen LogP contribution in [0.15, 0.2) is 41.5 Å². The Kier molecular flexibility index (Phi) is 1.97. The van der Waals surface area contributed by atoms with Crippen molar-refractivity contribution >= 4 is 5.69 Å². The van der Waals surface area contributed by atoms with Crippen LogP contribution in [0.4, 0.5) is 5.69 Å². The SMILES string of the molecule is CC(C)=C1CC=CC2c3c(N)cccc3C12. The van der Waals surface area contributed by atoms with Crippen LogP contribution in [-0.4, -0.2) is 0 Å². The maximum atomic E-state index is 6.05. The van der Waals surface area contributed by atoms with Crippen LogP contribution >= 0.6 is 0 Å². The lowest BCUT2D eigenvalue weighted by molar-refractivity contribution is 0.583. The summed E-state index contributed by atoms with van der Waals surface area (Å²) in [6, 6.07) is 6.32. The molecule has 1 nitrogen and oxygen atoms in total. The molecule has 0 aromatic heterocycles. The van der Waals surface area contributed by atoms with Gasteiger partial charge in [-0.15, -0.1) is 0 Å². The van der Waals surface area contributed by atoms with Gasteiger partial charge in [0.15, 0.2) is 0 Å². The molecular weight excluding hydrogens is 194 g/mol. The van der Waals surface area contributed by atoms with Gasteiger partial charge in [0.05, 0.1) is 0 Å². The Bertz CT molecular complexity index is 504. The first-order valence-electron chi connectivity index (χ1n) is 5.91. The predicted molar refractivity (Wildman–Crippen MR) is 68.5 cm³/mol. The van der Waals surface area contributed by atoms with E-state index in [-0.39, 0.29) is 0 Å². The molecule has 0 bridgehead atoms. The van der Waals surface area contributed by atoms with Crippen LogP contribution in [0.25, 0.3) is 0 Å². The van der Waals surface area contributed by atoms with E-state index >= 15 is 0 Å². The van der Waals surface area contributed by atoms with Gasteiger partial charge in [0.25, 0.3) is 0 Å². The zero-order valence-electron chi connectivity index (χ0n) is 9.83. The van der Waals surface area contributed by atoms with Crippen LogP contribution in [0.2, 0.25) is 0 Å². The highest BCUT2D eigenvalue weighted by molar-refractivity contribution is 5.66. The van der Waals surface area contributed by atoms with Gasteiger partial charge in [-0.3, -0.25) is 0 Å². The van der Waals surface area contributed by atoms with E-state index in [0.29, 0.717) is 11.8 Å². The van der Waals surface area contributed by atoms with E-state index in [0.717, 1.165) is 12.1 Å². The van der Waals surface area contributed by atoms with Crippen LogP contribution in [0.5, 0.6) is 0 Å². The van der Waals surface area contributed by atoms with E-state index in [1.54, 1.807) is 5.57 Å². The Hall–Kier alpha value is -1.50. The number of nitrogens with two attached hydrogens (primary N) is 1. The first-order valence-corrected chi connectivity index (χ1v) is 5.91. The fourth-order valence-electron chi connectivity index (χ4n) is 3.12. The molecule has 1 heteroatoms. The molecule has 0 radical (unpaired) electrons. The molecule has 2 unspecified atom stereocenters. The van der Waals surface area contributed by atoms with Crippen molar-refractivity contribution in [3.63, 3.8) is 0 Å². The van der Waals surface area contributed by atoms with Crippen LogP contribution in [0.3, 0.4) is 0 Å². The van der Waals surface area contributed by atoms with Crippen LogP contribution in [0, 0.1) is 0 Å². The molecule has 0 saturated carbocycles. The Labute approximate surface area is 96.7 Å². The average Bonchev–Trinajstić information content (AvgIpc) is 2.24. The first kappa shape index (κ1) is 9.71. The van der Waals surface area contributed by atoms with Gasteiger partial charge in [0.1, 0.15) is 0 Å². The first-order chi connectivity index (χ1) is 7.70. The highest BCUT2D eigenvalue weighted by Gasteiger charge is 2.40. The molecule has 2 atom stereocenters. The molecule has 82 valence electrons. The molecule has 2 aliphatic carbocycles. The number of nitrogen functional groups attached to an aromatic ring is 1. The minimum absolute atomic E-state index is 0.537. The van der Waals surface area contributed by atoms with E-state index in [4.69, 9.17) is 5.73 Å². The molecule has 0 heterocycles. The second kappa shape index (κ2) is 3.24. The van der Waals surface area contributed by atoms with Gasteiger partial charge in [0.2, 0.25) is 0 Å². The van der Waals surface area contributed by atoms with Crippen molar-refractivity contribution in [2.24, 2.45) is 0 Å². The Morgan fingerprint density at radius 1 is 1.31 bits per heavy atom. The molecule has 1 aromatic rings. The van der Waals surface area contributed by atoms with Gasteiger partial charge in [-0.05, 0) is 37.5 Å². The van der Waals surface area contributed by atoms with Crippen molar-refractivity contribution in [2.75, 3.05) is 5.73 Å². The zero-order chi connectivity index (χ0) is 11.3. The fraction of sp³-hybridized carbons (Fsp3) is 0.333. The van der Waals surface area contributed by atoms with Crippen molar-refractivity contribution in [1.82, 2.24) is 0 Å². The molecule has 0 fully saturated rings. The zero-order valence-corrected chi connectivity index (χ0v) is 9.83. The molecule has 2 aliphatic rings. The van der Waals surface area contributed by atoms with Crippen molar-refractivity contribution in [3.05, 3.63) is 52.6 Å². The summed E-state index contributed by atoms with van der Waals surface area (Å²) in [6.07, 6.45) is 5.73. The van der Waals surface area contributed by atoms with Crippen molar-refractivity contribution in [2.45, 2.75) is 32.1 Å². The van der Waals surface area contributed by atoms with Crippen molar-refractivity contribution in [1.29, 1.82) is 0 Å². The summed E-state index contributed by atoms with van der Waals surface area (Å²) >= 11 is 0. The summed E-state index contributed by atoms with van der Waals surface area (Å²) in [4.78, 5) is 0. The molecule has 16 heavy (non-hydrogen) atoms. The van der Waals surface area contributed by atoms with Crippen molar-refractivity contribution < 1.29 is 0 Å². The molecule has 0 amide bonds. The number of allylic oxidation sites excluding steroid dienone is 4. The maximum Gasteiger partial charge on any atom is 0.0355 e. The topological polar surface area (TPSA) is 26.0 Å². The summed E-state index contributed by atoms with van der Waals surface area (Å²) in [6.45, 7) is 4.44. The van der Waals surface area contributed by atoms with Crippen LogP contribution < -0.4 is 5.73 Å². The number of anilines is 1. The van der Waals surface area contributed by atoms with Gasteiger partial charge in [-0.1, -0.05) is 35.4 Å². The Balaban J connectivity index is 2.17. The summed E-state index contributed by atoms with van der Waals surface area (Å²) in [5.74, 6) is 1.14. The molecule has 0 saturated heterocycles. The summed E-state index contributed by atoms with van der Waals surface area (Å²) < 4.78 is 0. The van der Waals surface area contributed by atoms with Gasteiger partial charge in [-0.25, -0.2) is 0 Å². The van der Waals surface area contributed by atoms with E-state index in [2.05, 4.69) is 38.1 Å². The molecule has 0 spiro atoms. The number of rotatable bonds is 0. The minimum Gasteiger partial charge on any atom is -0.398 e. The van der Waals surface area contributed by atoms with E-state index in [1.165, 1.54) is 16.7 Å². The van der Waals surface area contributed by atoms with E-state index in [9.17, 15) is 0 Å². The normalized spacial score (nSPS) is 25.8. The second-order valence-electron chi connectivity index (χ2n) is 5.01. The van der Waals surface area contributed by atoms with Gasteiger partial charge in [-0.2, -0.15) is 0 Å². The second-order valence-corrected chi connectivity index (χ2v) is 5.01. The lowest BCUT2D eigenvalue weighted by Crippen LogP contribution is -2.28. The number of hydrogen-bond donors (Lipinski definition) is 1. The number of fused-ring (bicyclic) bond motifs is 4. The highest BCUT2D eigenvalue weighted by atomic mass is 14.6. The maximum absolute atomic E-state index is 6.05. The molecule has 3 rings (SSSR count). The number of benzene rings is 1.